The monoisotopic (exact) mass is 272 g/mol. The number of carbonyl (C=O) groups excluding carboxylic acids is 2. The van der Waals surface area contributed by atoms with Gasteiger partial charge in [0.1, 0.15) is 0 Å². The Hall–Kier alpha value is -2.32. The molecule has 0 aliphatic carbocycles. The molecule has 1 saturated heterocycles. The average molecular weight is 272 g/mol. The number of hydrogen-bond acceptors (Lipinski definition) is 3. The summed E-state index contributed by atoms with van der Waals surface area (Å²) in [6.07, 6.45) is 0.434. The van der Waals surface area contributed by atoms with E-state index in [1.165, 1.54) is 4.90 Å². The van der Waals surface area contributed by atoms with Crippen molar-refractivity contribution in [2.24, 2.45) is 0 Å². The van der Waals surface area contributed by atoms with Gasteiger partial charge in [0, 0.05) is 30.6 Å². The number of aliphatic hydroxyl groups is 1. The highest BCUT2D eigenvalue weighted by Crippen LogP contribution is 2.08. The van der Waals surface area contributed by atoms with Crippen LogP contribution in [0.5, 0.6) is 0 Å². The first kappa shape index (κ1) is 14.1. The van der Waals surface area contributed by atoms with Crippen LogP contribution in [0.2, 0.25) is 0 Å². The van der Waals surface area contributed by atoms with E-state index in [1.54, 1.807) is 24.3 Å². The molecule has 0 atom stereocenters. The highest BCUT2D eigenvalue weighted by atomic mass is 16.2. The molecule has 0 radical (unpaired) electrons. The molecule has 0 bridgehead atoms. The molecule has 1 aromatic rings. The topological polar surface area (TPSA) is 69.6 Å². The van der Waals surface area contributed by atoms with Crippen molar-refractivity contribution in [1.29, 1.82) is 0 Å². The molecular formula is C15H16N2O3. The average Bonchev–Trinajstić information content (AvgIpc) is 2.47. The summed E-state index contributed by atoms with van der Waals surface area (Å²) in [5, 5.41) is 11.3. The van der Waals surface area contributed by atoms with Crippen molar-refractivity contribution >= 4 is 11.8 Å². The van der Waals surface area contributed by atoms with Gasteiger partial charge in [0.15, 0.2) is 0 Å². The number of carbonyl (C=O) groups is 2. The minimum Gasteiger partial charge on any atom is -0.395 e. The maximum absolute atomic E-state index is 12.2. The SMILES string of the molecule is O=C1CN(C(=O)c2ccc(C#CCCO)cc2)CCN1. The minimum atomic E-state index is -0.144. The molecule has 0 saturated carbocycles. The van der Waals surface area contributed by atoms with Crippen molar-refractivity contribution in [3.05, 3.63) is 35.4 Å². The van der Waals surface area contributed by atoms with Gasteiger partial charge in [0.2, 0.25) is 5.91 Å². The molecule has 1 aromatic carbocycles. The zero-order valence-corrected chi connectivity index (χ0v) is 11.1. The number of nitrogens with zero attached hydrogens (tertiary/aromatic N) is 1. The van der Waals surface area contributed by atoms with Crippen LogP contribution in [0.4, 0.5) is 0 Å². The lowest BCUT2D eigenvalue weighted by molar-refractivity contribution is -0.123. The fourth-order valence-corrected chi connectivity index (χ4v) is 1.91. The van der Waals surface area contributed by atoms with Crippen LogP contribution in [0.1, 0.15) is 22.3 Å². The third-order valence-corrected chi connectivity index (χ3v) is 2.93. The van der Waals surface area contributed by atoms with Crippen LogP contribution in [0, 0.1) is 11.8 Å². The normalized spacial score (nSPS) is 14.2. The lowest BCUT2D eigenvalue weighted by atomic mass is 10.1. The molecule has 5 heteroatoms. The van der Waals surface area contributed by atoms with Crippen molar-refractivity contribution in [2.45, 2.75) is 6.42 Å². The molecule has 1 fully saturated rings. The maximum atomic E-state index is 12.2. The standard InChI is InChI=1S/C15H16N2O3/c18-10-2-1-3-12-4-6-13(7-5-12)15(20)17-9-8-16-14(19)11-17/h4-7,18H,2,8-11H2,(H,16,19). The first-order valence-electron chi connectivity index (χ1n) is 6.46. The lowest BCUT2D eigenvalue weighted by Crippen LogP contribution is -2.49. The largest absolute Gasteiger partial charge is 0.395 e. The molecular weight excluding hydrogens is 256 g/mol. The number of amides is 2. The summed E-state index contributed by atoms with van der Waals surface area (Å²) < 4.78 is 0. The van der Waals surface area contributed by atoms with Crippen LogP contribution in [0.15, 0.2) is 24.3 Å². The van der Waals surface area contributed by atoms with Gasteiger partial charge in [0.05, 0.1) is 13.2 Å². The van der Waals surface area contributed by atoms with Gasteiger partial charge in [-0.25, -0.2) is 0 Å². The van der Waals surface area contributed by atoms with E-state index in [0.29, 0.717) is 25.1 Å². The molecule has 104 valence electrons. The van der Waals surface area contributed by atoms with Crippen LogP contribution in [-0.2, 0) is 4.79 Å². The first-order valence-corrected chi connectivity index (χ1v) is 6.46. The molecule has 1 aliphatic heterocycles. The van der Waals surface area contributed by atoms with E-state index < -0.39 is 0 Å². The first-order chi connectivity index (χ1) is 9.70. The van der Waals surface area contributed by atoms with Crippen LogP contribution in [0.25, 0.3) is 0 Å². The summed E-state index contributed by atoms with van der Waals surface area (Å²) in [5.41, 5.74) is 1.35. The van der Waals surface area contributed by atoms with Crippen LogP contribution >= 0.6 is 0 Å². The van der Waals surface area contributed by atoms with Crippen molar-refractivity contribution < 1.29 is 14.7 Å². The highest BCUT2D eigenvalue weighted by Gasteiger charge is 2.21. The predicted octanol–water partition coefficient (Wildman–Crippen LogP) is -0.00750. The molecule has 5 nitrogen and oxygen atoms in total. The molecule has 20 heavy (non-hydrogen) atoms. The van der Waals surface area contributed by atoms with Gasteiger partial charge in [-0.15, -0.1) is 0 Å². The third kappa shape index (κ3) is 3.59. The van der Waals surface area contributed by atoms with Gasteiger partial charge >= 0.3 is 0 Å². The number of hydrogen-bond donors (Lipinski definition) is 2. The number of nitrogens with one attached hydrogen (secondary N) is 1. The summed E-state index contributed by atoms with van der Waals surface area (Å²) in [6.45, 7) is 1.18. The molecule has 0 aromatic heterocycles. The number of piperazine rings is 1. The fraction of sp³-hybridized carbons (Fsp3) is 0.333. The molecule has 0 spiro atoms. The van der Waals surface area contributed by atoms with Gasteiger partial charge in [0.25, 0.3) is 5.91 Å². The number of rotatable bonds is 2. The number of aliphatic hydroxyl groups excluding tert-OH is 1. The summed E-state index contributed by atoms with van der Waals surface area (Å²) in [5.74, 6) is 5.45. The van der Waals surface area contributed by atoms with Crippen LogP contribution in [0.3, 0.4) is 0 Å². The Balaban J connectivity index is 2.04. The van der Waals surface area contributed by atoms with E-state index in [2.05, 4.69) is 17.2 Å². The lowest BCUT2D eigenvalue weighted by Gasteiger charge is -2.26. The highest BCUT2D eigenvalue weighted by molar-refractivity contribution is 5.97. The van der Waals surface area contributed by atoms with E-state index in [-0.39, 0.29) is 25.0 Å². The molecule has 1 heterocycles. The molecule has 2 rings (SSSR count). The second kappa shape index (κ2) is 6.73. The smallest absolute Gasteiger partial charge is 0.254 e. The second-order valence-corrected chi connectivity index (χ2v) is 4.43. The van der Waals surface area contributed by atoms with Gasteiger partial charge in [-0.1, -0.05) is 11.8 Å². The fourth-order valence-electron chi connectivity index (χ4n) is 1.91. The van der Waals surface area contributed by atoms with Gasteiger partial charge in [-0.05, 0) is 24.3 Å². The summed E-state index contributed by atoms with van der Waals surface area (Å²) in [4.78, 5) is 25.0. The van der Waals surface area contributed by atoms with Gasteiger partial charge < -0.3 is 15.3 Å². The van der Waals surface area contributed by atoms with E-state index in [1.807, 2.05) is 0 Å². The van der Waals surface area contributed by atoms with E-state index in [4.69, 9.17) is 5.11 Å². The number of benzene rings is 1. The Morgan fingerprint density at radius 1 is 1.35 bits per heavy atom. The predicted molar refractivity (Wildman–Crippen MR) is 73.9 cm³/mol. The van der Waals surface area contributed by atoms with Gasteiger partial charge in [-0.3, -0.25) is 9.59 Å². The minimum absolute atomic E-state index is 0.0423. The Bertz CT molecular complexity index is 555. The van der Waals surface area contributed by atoms with Crippen LogP contribution in [-0.4, -0.2) is 48.1 Å². The van der Waals surface area contributed by atoms with Crippen LogP contribution < -0.4 is 5.32 Å². The third-order valence-electron chi connectivity index (χ3n) is 2.93. The zero-order chi connectivity index (χ0) is 14.4. The Morgan fingerprint density at radius 3 is 2.75 bits per heavy atom. The summed E-state index contributed by atoms with van der Waals surface area (Å²) in [7, 11) is 0. The second-order valence-electron chi connectivity index (χ2n) is 4.43. The van der Waals surface area contributed by atoms with E-state index in [9.17, 15) is 9.59 Å². The van der Waals surface area contributed by atoms with Crippen molar-refractivity contribution in [1.82, 2.24) is 10.2 Å². The summed E-state index contributed by atoms with van der Waals surface area (Å²) >= 11 is 0. The van der Waals surface area contributed by atoms with Crippen molar-refractivity contribution in [3.63, 3.8) is 0 Å². The Morgan fingerprint density at radius 2 is 2.10 bits per heavy atom. The quantitative estimate of drug-likeness (QED) is 0.744. The zero-order valence-electron chi connectivity index (χ0n) is 11.1. The Labute approximate surface area is 117 Å². The Kier molecular flexibility index (Phi) is 4.75. The van der Waals surface area contributed by atoms with Crippen molar-refractivity contribution in [3.8, 4) is 11.8 Å². The molecule has 0 unspecified atom stereocenters. The maximum Gasteiger partial charge on any atom is 0.254 e. The molecule has 2 N–H and O–H groups in total. The van der Waals surface area contributed by atoms with E-state index in [0.717, 1.165) is 5.56 Å². The molecule has 1 aliphatic rings. The molecule has 2 amide bonds. The van der Waals surface area contributed by atoms with E-state index >= 15 is 0 Å². The van der Waals surface area contributed by atoms with Gasteiger partial charge in [-0.2, -0.15) is 0 Å². The summed E-state index contributed by atoms with van der Waals surface area (Å²) in [6, 6.07) is 6.94. The van der Waals surface area contributed by atoms with Crippen molar-refractivity contribution in [2.75, 3.05) is 26.2 Å².